The second-order valence-electron chi connectivity index (χ2n) is 3.27. The van der Waals surface area contributed by atoms with E-state index in [0.29, 0.717) is 12.2 Å². The van der Waals surface area contributed by atoms with Crippen LogP contribution >= 0.6 is 11.3 Å². The van der Waals surface area contributed by atoms with Crippen LogP contribution in [-0.2, 0) is 0 Å². The van der Waals surface area contributed by atoms with Crippen molar-refractivity contribution in [2.75, 3.05) is 13.2 Å². The molecule has 2 N–H and O–H groups in total. The number of hydrogen-bond donors (Lipinski definition) is 2. The lowest BCUT2D eigenvalue weighted by molar-refractivity contribution is 0.0948. The van der Waals surface area contributed by atoms with Gasteiger partial charge in [0.1, 0.15) is 5.69 Å². The van der Waals surface area contributed by atoms with E-state index in [2.05, 4.69) is 10.3 Å². The van der Waals surface area contributed by atoms with Gasteiger partial charge in [0.05, 0.1) is 5.51 Å². The topological polar surface area (TPSA) is 62.2 Å². The second kappa shape index (κ2) is 7.36. The Morgan fingerprint density at radius 2 is 2.20 bits per heavy atom. The summed E-state index contributed by atoms with van der Waals surface area (Å²) in [5, 5.41) is 13.1. The molecule has 1 heterocycles. The predicted octanol–water partition coefficient (Wildman–Crippen LogP) is 1.43. The van der Waals surface area contributed by atoms with Gasteiger partial charge in [-0.05, 0) is 12.8 Å². The number of nitrogens with zero attached hydrogens (tertiary/aromatic N) is 1. The number of carbonyl (C=O) groups excluding carboxylic acids is 1. The highest BCUT2D eigenvalue weighted by molar-refractivity contribution is 7.07. The fourth-order valence-electron chi connectivity index (χ4n) is 1.21. The van der Waals surface area contributed by atoms with Gasteiger partial charge in [0, 0.05) is 18.5 Å². The van der Waals surface area contributed by atoms with Crippen LogP contribution in [0.2, 0.25) is 0 Å². The second-order valence-corrected chi connectivity index (χ2v) is 3.99. The third-order valence-electron chi connectivity index (χ3n) is 2.04. The molecule has 15 heavy (non-hydrogen) atoms. The first kappa shape index (κ1) is 12.1. The average molecular weight is 228 g/mol. The summed E-state index contributed by atoms with van der Waals surface area (Å²) in [6.45, 7) is 0.937. The van der Waals surface area contributed by atoms with Gasteiger partial charge in [-0.1, -0.05) is 12.8 Å². The van der Waals surface area contributed by atoms with Gasteiger partial charge in [0.2, 0.25) is 0 Å². The Morgan fingerprint density at radius 1 is 1.40 bits per heavy atom. The number of thiazole rings is 1. The number of rotatable bonds is 7. The molecule has 1 rings (SSSR count). The molecule has 0 unspecified atom stereocenters. The number of aliphatic hydroxyl groups is 1. The van der Waals surface area contributed by atoms with Crippen molar-refractivity contribution in [2.45, 2.75) is 25.7 Å². The number of aromatic nitrogens is 1. The van der Waals surface area contributed by atoms with Crippen molar-refractivity contribution < 1.29 is 9.90 Å². The predicted molar refractivity (Wildman–Crippen MR) is 60.0 cm³/mol. The highest BCUT2D eigenvalue weighted by atomic mass is 32.1. The van der Waals surface area contributed by atoms with Crippen LogP contribution < -0.4 is 5.32 Å². The summed E-state index contributed by atoms with van der Waals surface area (Å²) < 4.78 is 0. The molecule has 0 aromatic carbocycles. The fraction of sp³-hybridized carbons (Fsp3) is 0.600. The zero-order chi connectivity index (χ0) is 10.9. The monoisotopic (exact) mass is 228 g/mol. The fourth-order valence-corrected chi connectivity index (χ4v) is 1.74. The molecule has 0 saturated carbocycles. The van der Waals surface area contributed by atoms with Crippen LogP contribution in [0.4, 0.5) is 0 Å². The van der Waals surface area contributed by atoms with Crippen molar-refractivity contribution in [3.63, 3.8) is 0 Å². The zero-order valence-electron chi connectivity index (χ0n) is 8.61. The van der Waals surface area contributed by atoms with Gasteiger partial charge in [-0.15, -0.1) is 11.3 Å². The van der Waals surface area contributed by atoms with Crippen molar-refractivity contribution in [3.8, 4) is 0 Å². The van der Waals surface area contributed by atoms with E-state index in [1.807, 2.05) is 0 Å². The molecule has 0 radical (unpaired) electrons. The normalized spacial score (nSPS) is 10.2. The van der Waals surface area contributed by atoms with E-state index < -0.39 is 0 Å². The third kappa shape index (κ3) is 4.90. The van der Waals surface area contributed by atoms with Crippen molar-refractivity contribution >= 4 is 17.2 Å². The molecular formula is C10H16N2O2S. The van der Waals surface area contributed by atoms with Gasteiger partial charge >= 0.3 is 0 Å². The number of aliphatic hydroxyl groups excluding tert-OH is 1. The molecule has 1 amide bonds. The molecule has 84 valence electrons. The molecule has 0 bridgehead atoms. The molecule has 0 fully saturated rings. The van der Waals surface area contributed by atoms with Crippen LogP contribution in [-0.4, -0.2) is 29.1 Å². The van der Waals surface area contributed by atoms with Crippen molar-refractivity contribution in [1.29, 1.82) is 0 Å². The Morgan fingerprint density at radius 3 is 2.87 bits per heavy atom. The summed E-state index contributed by atoms with van der Waals surface area (Å²) in [6.07, 6.45) is 3.86. The van der Waals surface area contributed by atoms with E-state index in [9.17, 15) is 4.79 Å². The number of carbonyl (C=O) groups is 1. The maximum Gasteiger partial charge on any atom is 0.270 e. The Labute approximate surface area is 93.4 Å². The van der Waals surface area contributed by atoms with Gasteiger partial charge in [-0.3, -0.25) is 4.79 Å². The lowest BCUT2D eigenvalue weighted by atomic mass is 10.2. The van der Waals surface area contributed by atoms with Gasteiger partial charge in [0.25, 0.3) is 5.91 Å². The maximum absolute atomic E-state index is 11.4. The maximum atomic E-state index is 11.4. The third-order valence-corrected chi connectivity index (χ3v) is 2.62. The largest absolute Gasteiger partial charge is 0.396 e. The van der Waals surface area contributed by atoms with E-state index in [0.717, 1.165) is 25.7 Å². The molecule has 4 nitrogen and oxygen atoms in total. The van der Waals surface area contributed by atoms with E-state index in [1.165, 1.54) is 11.3 Å². The summed E-state index contributed by atoms with van der Waals surface area (Å²) >= 11 is 1.42. The summed E-state index contributed by atoms with van der Waals surface area (Å²) in [5.74, 6) is -0.0987. The highest BCUT2D eigenvalue weighted by Gasteiger charge is 2.05. The number of nitrogens with one attached hydrogen (secondary N) is 1. The molecule has 0 aliphatic heterocycles. The van der Waals surface area contributed by atoms with Crippen LogP contribution in [0.15, 0.2) is 10.9 Å². The van der Waals surface area contributed by atoms with E-state index >= 15 is 0 Å². The van der Waals surface area contributed by atoms with Crippen molar-refractivity contribution in [2.24, 2.45) is 0 Å². The van der Waals surface area contributed by atoms with Gasteiger partial charge in [-0.25, -0.2) is 4.98 Å². The molecule has 0 saturated heterocycles. The highest BCUT2D eigenvalue weighted by Crippen LogP contribution is 2.01. The van der Waals surface area contributed by atoms with Crippen LogP contribution in [0, 0.1) is 0 Å². The zero-order valence-corrected chi connectivity index (χ0v) is 9.42. The van der Waals surface area contributed by atoms with Gasteiger partial charge < -0.3 is 10.4 Å². The van der Waals surface area contributed by atoms with Crippen LogP contribution in [0.25, 0.3) is 0 Å². The molecule has 1 aromatic heterocycles. The molecule has 0 spiro atoms. The summed E-state index contributed by atoms with van der Waals surface area (Å²) in [4.78, 5) is 15.3. The Bertz CT molecular complexity index is 275. The number of hydrogen-bond acceptors (Lipinski definition) is 4. The van der Waals surface area contributed by atoms with E-state index in [-0.39, 0.29) is 12.5 Å². The summed E-state index contributed by atoms with van der Waals surface area (Å²) in [6, 6.07) is 0. The van der Waals surface area contributed by atoms with Crippen molar-refractivity contribution in [3.05, 3.63) is 16.6 Å². The Kier molecular flexibility index (Phi) is 5.96. The first-order valence-corrected chi connectivity index (χ1v) is 6.06. The van der Waals surface area contributed by atoms with Gasteiger partial charge in [0.15, 0.2) is 0 Å². The standard InChI is InChI=1S/C10H16N2O2S/c13-6-4-2-1-3-5-11-10(14)9-7-15-8-12-9/h7-8,13H,1-6H2,(H,11,14). The van der Waals surface area contributed by atoms with Crippen LogP contribution in [0.3, 0.4) is 0 Å². The van der Waals surface area contributed by atoms with Gasteiger partial charge in [-0.2, -0.15) is 0 Å². The first-order chi connectivity index (χ1) is 7.34. The molecule has 0 aliphatic rings. The quantitative estimate of drug-likeness (QED) is 0.694. The number of amides is 1. The van der Waals surface area contributed by atoms with Crippen LogP contribution in [0.1, 0.15) is 36.2 Å². The minimum absolute atomic E-state index is 0.0987. The lowest BCUT2D eigenvalue weighted by Gasteiger charge is -2.02. The van der Waals surface area contributed by atoms with Crippen molar-refractivity contribution in [1.82, 2.24) is 10.3 Å². The van der Waals surface area contributed by atoms with E-state index in [1.54, 1.807) is 10.9 Å². The lowest BCUT2D eigenvalue weighted by Crippen LogP contribution is -2.24. The Hall–Kier alpha value is -0.940. The smallest absolute Gasteiger partial charge is 0.270 e. The molecule has 0 atom stereocenters. The van der Waals surface area contributed by atoms with Crippen LogP contribution in [0.5, 0.6) is 0 Å². The number of unbranched alkanes of at least 4 members (excludes halogenated alkanes) is 3. The first-order valence-electron chi connectivity index (χ1n) is 5.12. The molecule has 0 aliphatic carbocycles. The molecular weight excluding hydrogens is 212 g/mol. The minimum Gasteiger partial charge on any atom is -0.396 e. The van der Waals surface area contributed by atoms with E-state index in [4.69, 9.17) is 5.11 Å². The molecule has 5 heteroatoms. The SMILES string of the molecule is O=C(NCCCCCCO)c1cscn1. The minimum atomic E-state index is -0.0987. The summed E-state index contributed by atoms with van der Waals surface area (Å²) in [7, 11) is 0. The summed E-state index contributed by atoms with van der Waals surface area (Å²) in [5.41, 5.74) is 2.14. The average Bonchev–Trinajstić information content (AvgIpc) is 2.76. The molecule has 1 aromatic rings. The Balaban J connectivity index is 2.03.